The van der Waals surface area contributed by atoms with Crippen molar-refractivity contribution in [3.63, 3.8) is 0 Å². The lowest BCUT2D eigenvalue weighted by Crippen LogP contribution is -2.42. The molecule has 1 N–H and O–H groups in total. The first-order chi connectivity index (χ1) is 10.7. The summed E-state index contributed by atoms with van der Waals surface area (Å²) in [5.74, 6) is 0.334. The van der Waals surface area contributed by atoms with Gasteiger partial charge in [0, 0.05) is 16.6 Å². The Balaban J connectivity index is 2.43. The highest BCUT2D eigenvalue weighted by atomic mass is 16.5. The maximum Gasteiger partial charge on any atom is 0.118 e. The van der Waals surface area contributed by atoms with E-state index >= 15 is 0 Å². The highest BCUT2D eigenvalue weighted by Crippen LogP contribution is 2.40. The molecule has 1 aromatic rings. The summed E-state index contributed by atoms with van der Waals surface area (Å²) in [6.45, 7) is 0.523. The fourth-order valence-corrected chi connectivity index (χ4v) is 2.80. The first kappa shape index (κ1) is 11.6. The van der Waals surface area contributed by atoms with Crippen LogP contribution < -0.4 is 4.74 Å². The molecule has 1 aromatic carbocycles. The normalized spacial score (nSPS) is 33.0. The van der Waals surface area contributed by atoms with Gasteiger partial charge in [-0.05, 0) is 44.6 Å². The molecule has 1 saturated carbocycles. The average molecular weight is 280 g/mol. The van der Waals surface area contributed by atoms with Crippen molar-refractivity contribution in [1.82, 2.24) is 4.90 Å². The molecule has 0 radical (unpaired) electrons. The molecule has 0 saturated heterocycles. The van der Waals surface area contributed by atoms with Crippen LogP contribution in [0.1, 0.15) is 47.6 Å². The van der Waals surface area contributed by atoms with E-state index in [4.69, 9.17) is 8.85 Å². The smallest absolute Gasteiger partial charge is 0.118 e. The minimum Gasteiger partial charge on any atom is -0.497 e. The lowest BCUT2D eigenvalue weighted by molar-refractivity contribution is -0.0277. The predicted molar refractivity (Wildman–Crippen MR) is 82.3 cm³/mol. The van der Waals surface area contributed by atoms with E-state index in [1.807, 2.05) is 43.3 Å². The van der Waals surface area contributed by atoms with E-state index in [0.717, 1.165) is 11.3 Å². The van der Waals surface area contributed by atoms with E-state index in [-0.39, 0.29) is 0 Å². The summed E-state index contributed by atoms with van der Waals surface area (Å²) in [5.41, 5.74) is -0.670. The third-order valence-electron chi connectivity index (χ3n) is 3.90. The Morgan fingerprint density at radius 3 is 2.65 bits per heavy atom. The monoisotopic (exact) mass is 280 g/mol. The van der Waals surface area contributed by atoms with Crippen LogP contribution in [0.3, 0.4) is 0 Å². The summed E-state index contributed by atoms with van der Waals surface area (Å²) in [6.07, 6.45) is -1.30. The molecule has 3 nitrogen and oxygen atoms in total. The zero-order valence-corrected chi connectivity index (χ0v) is 12.6. The summed E-state index contributed by atoms with van der Waals surface area (Å²) >= 11 is 0. The minimum atomic E-state index is -1.94. The summed E-state index contributed by atoms with van der Waals surface area (Å²) in [6, 6.07) is 7.43. The van der Waals surface area contributed by atoms with E-state index in [9.17, 15) is 5.11 Å². The number of likely N-dealkylation sites (N-methyl/N-ethyl adjacent to an activating group) is 1. The zero-order valence-electron chi connectivity index (χ0n) is 15.6. The Hall–Kier alpha value is -1.06. The molecule has 20 heavy (non-hydrogen) atoms. The molecule has 3 unspecified atom stereocenters. The molecule has 3 heteroatoms. The summed E-state index contributed by atoms with van der Waals surface area (Å²) in [7, 11) is 5.43. The Morgan fingerprint density at radius 2 is 2.05 bits per heavy atom. The molecule has 0 spiro atoms. The third kappa shape index (κ3) is 3.53. The van der Waals surface area contributed by atoms with Crippen LogP contribution in [0, 0.1) is 0 Å². The molecule has 1 fully saturated rings. The van der Waals surface area contributed by atoms with Gasteiger partial charge in [-0.2, -0.15) is 0 Å². The molecule has 3 atom stereocenters. The average Bonchev–Trinajstić information content (AvgIpc) is 2.50. The zero-order chi connectivity index (χ0) is 17.3. The van der Waals surface area contributed by atoms with Gasteiger partial charge in [0.2, 0.25) is 0 Å². The van der Waals surface area contributed by atoms with Crippen LogP contribution in [0.5, 0.6) is 5.75 Å². The number of hydrogen-bond acceptors (Lipinski definition) is 3. The van der Waals surface area contributed by atoms with Crippen LogP contribution in [0.15, 0.2) is 24.3 Å². The first-order valence-corrected chi connectivity index (χ1v) is 7.15. The molecule has 112 valence electrons. The molecular weight excluding hydrogens is 250 g/mol. The van der Waals surface area contributed by atoms with Crippen LogP contribution >= 0.6 is 0 Å². The van der Waals surface area contributed by atoms with Gasteiger partial charge >= 0.3 is 0 Å². The Kier molecular flexibility index (Phi) is 3.82. The van der Waals surface area contributed by atoms with Gasteiger partial charge in [0.05, 0.1) is 12.7 Å². The second-order valence-corrected chi connectivity index (χ2v) is 5.75. The number of ether oxygens (including phenoxy) is 1. The number of aliphatic hydroxyl groups is 1. The van der Waals surface area contributed by atoms with Crippen LogP contribution in [0.2, 0.25) is 0 Å². The molecule has 0 bridgehead atoms. The molecule has 0 amide bonds. The Labute approximate surface area is 126 Å². The van der Waals surface area contributed by atoms with Crippen LogP contribution in [0.4, 0.5) is 0 Å². The SMILES string of the molecule is [2H]C1CCCC(O)(C(CN(C)C)c2ccc(OC)cc2)C1([2H])[2H]. The van der Waals surface area contributed by atoms with E-state index < -0.39 is 24.3 Å². The van der Waals surface area contributed by atoms with Gasteiger partial charge < -0.3 is 14.7 Å². The number of rotatable bonds is 5. The molecule has 1 aliphatic carbocycles. The highest BCUT2D eigenvalue weighted by molar-refractivity contribution is 5.31. The van der Waals surface area contributed by atoms with E-state index in [0.29, 0.717) is 25.8 Å². The quantitative estimate of drug-likeness (QED) is 0.900. The molecule has 1 aliphatic rings. The number of hydrogen-bond donors (Lipinski definition) is 1. The summed E-state index contributed by atoms with van der Waals surface area (Å²) < 4.78 is 30.0. The Morgan fingerprint density at radius 1 is 1.35 bits per heavy atom. The fourth-order valence-electron chi connectivity index (χ4n) is 2.80. The lowest BCUT2D eigenvalue weighted by Gasteiger charge is -2.40. The summed E-state index contributed by atoms with van der Waals surface area (Å²) in [5, 5.41) is 11.3. The largest absolute Gasteiger partial charge is 0.497 e. The topological polar surface area (TPSA) is 32.7 Å². The van der Waals surface area contributed by atoms with Crippen molar-refractivity contribution in [2.75, 3.05) is 27.7 Å². The van der Waals surface area contributed by atoms with Gasteiger partial charge in [-0.3, -0.25) is 0 Å². The molecule has 0 heterocycles. The summed E-state index contributed by atoms with van der Waals surface area (Å²) in [4.78, 5) is 1.95. The number of benzene rings is 1. The number of nitrogens with zero attached hydrogens (tertiary/aromatic N) is 1. The standard InChI is InChI=1S/C17H27NO2/c1-18(2)13-16(17(19)11-5-4-6-12-17)14-7-9-15(20-3)10-8-14/h7-10,16,19H,4-6,11-13H2,1-3H3/i5D,11D2. The maximum absolute atomic E-state index is 11.3. The minimum absolute atomic E-state index is 0.375. The molecule has 0 aliphatic heterocycles. The van der Waals surface area contributed by atoms with Crippen LogP contribution in [-0.2, 0) is 0 Å². The fraction of sp³-hybridized carbons (Fsp3) is 0.647. The van der Waals surface area contributed by atoms with Gasteiger partial charge in [-0.15, -0.1) is 0 Å². The van der Waals surface area contributed by atoms with Crippen LogP contribution in [0.25, 0.3) is 0 Å². The van der Waals surface area contributed by atoms with Crippen LogP contribution in [-0.4, -0.2) is 43.4 Å². The van der Waals surface area contributed by atoms with E-state index in [1.165, 1.54) is 0 Å². The highest BCUT2D eigenvalue weighted by Gasteiger charge is 2.38. The third-order valence-corrected chi connectivity index (χ3v) is 3.90. The molecule has 0 aromatic heterocycles. The van der Waals surface area contributed by atoms with Crippen molar-refractivity contribution < 1.29 is 14.0 Å². The van der Waals surface area contributed by atoms with Crippen molar-refractivity contribution in [3.8, 4) is 5.75 Å². The predicted octanol–water partition coefficient (Wildman–Crippen LogP) is 3.04. The van der Waals surface area contributed by atoms with Gasteiger partial charge in [-0.1, -0.05) is 31.4 Å². The van der Waals surface area contributed by atoms with Crippen molar-refractivity contribution in [3.05, 3.63) is 29.8 Å². The van der Waals surface area contributed by atoms with Gasteiger partial charge in [-0.25, -0.2) is 0 Å². The van der Waals surface area contributed by atoms with E-state index in [2.05, 4.69) is 0 Å². The van der Waals surface area contributed by atoms with Crippen molar-refractivity contribution in [2.24, 2.45) is 0 Å². The molecular formula is C17H27NO2. The van der Waals surface area contributed by atoms with E-state index in [1.54, 1.807) is 7.11 Å². The second kappa shape index (κ2) is 6.59. The number of methoxy groups -OCH3 is 1. The van der Waals surface area contributed by atoms with Crippen molar-refractivity contribution >= 4 is 0 Å². The van der Waals surface area contributed by atoms with Gasteiger partial charge in [0.1, 0.15) is 5.75 Å². The molecule has 2 rings (SSSR count). The van der Waals surface area contributed by atoms with Crippen molar-refractivity contribution in [1.29, 1.82) is 0 Å². The lowest BCUT2D eigenvalue weighted by atomic mass is 9.72. The first-order valence-electron chi connectivity index (χ1n) is 8.73. The van der Waals surface area contributed by atoms with Gasteiger partial charge in [0.15, 0.2) is 0 Å². The van der Waals surface area contributed by atoms with Crippen molar-refractivity contribution in [2.45, 2.75) is 43.6 Å². The second-order valence-electron chi connectivity index (χ2n) is 5.75. The van der Waals surface area contributed by atoms with Gasteiger partial charge in [0.25, 0.3) is 0 Å². The Bertz CT molecular complexity index is 521. The maximum atomic E-state index is 11.3.